The lowest BCUT2D eigenvalue weighted by Gasteiger charge is -2.26. The van der Waals surface area contributed by atoms with Crippen LogP contribution in [-0.2, 0) is 0 Å². The van der Waals surface area contributed by atoms with Gasteiger partial charge in [-0.2, -0.15) is 0 Å². The van der Waals surface area contributed by atoms with Crippen molar-refractivity contribution in [2.75, 3.05) is 0 Å². The maximum absolute atomic E-state index is 12.4. The standard InChI is InChI=1S/C16H11Cl2NO/c1-10-6-8-11(9-7-10)14-16(17,18)15(20)12-4-2-3-5-13(12)19-14/h2-9H,1H3. The highest BCUT2D eigenvalue weighted by Crippen LogP contribution is 2.39. The summed E-state index contributed by atoms with van der Waals surface area (Å²) in [5.41, 5.74) is 3.30. The van der Waals surface area contributed by atoms with Gasteiger partial charge < -0.3 is 0 Å². The number of halogens is 2. The molecule has 0 saturated heterocycles. The molecule has 0 fully saturated rings. The van der Waals surface area contributed by atoms with Gasteiger partial charge in [-0.1, -0.05) is 65.2 Å². The van der Waals surface area contributed by atoms with Crippen molar-refractivity contribution in [1.29, 1.82) is 0 Å². The lowest BCUT2D eigenvalue weighted by atomic mass is 9.95. The molecule has 20 heavy (non-hydrogen) atoms. The number of aryl methyl sites for hydroxylation is 1. The summed E-state index contributed by atoms with van der Waals surface area (Å²) < 4.78 is -1.65. The summed E-state index contributed by atoms with van der Waals surface area (Å²) in [6.45, 7) is 1.99. The minimum Gasteiger partial charge on any atom is -0.290 e. The molecule has 0 atom stereocenters. The van der Waals surface area contributed by atoms with Gasteiger partial charge >= 0.3 is 0 Å². The summed E-state index contributed by atoms with van der Waals surface area (Å²) in [6, 6.07) is 14.7. The average Bonchev–Trinajstić information content (AvgIpc) is 2.44. The first-order valence-corrected chi connectivity index (χ1v) is 6.93. The zero-order valence-electron chi connectivity index (χ0n) is 10.7. The number of fused-ring (bicyclic) bond motifs is 1. The van der Waals surface area contributed by atoms with E-state index in [9.17, 15) is 4.79 Å². The normalized spacial score (nSPS) is 16.6. The topological polar surface area (TPSA) is 29.4 Å². The van der Waals surface area contributed by atoms with Crippen LogP contribution in [0.3, 0.4) is 0 Å². The van der Waals surface area contributed by atoms with Crippen LogP contribution in [0.1, 0.15) is 21.5 Å². The smallest absolute Gasteiger partial charge is 0.222 e. The van der Waals surface area contributed by atoms with E-state index in [0.29, 0.717) is 17.0 Å². The Bertz CT molecular complexity index is 718. The number of nitrogens with zero attached hydrogens (tertiary/aromatic N) is 1. The van der Waals surface area contributed by atoms with Crippen LogP contribution in [0.5, 0.6) is 0 Å². The number of ketones is 1. The van der Waals surface area contributed by atoms with E-state index >= 15 is 0 Å². The van der Waals surface area contributed by atoms with Crippen LogP contribution in [0.2, 0.25) is 0 Å². The molecule has 0 aliphatic carbocycles. The van der Waals surface area contributed by atoms with E-state index in [0.717, 1.165) is 11.1 Å². The summed E-state index contributed by atoms with van der Waals surface area (Å²) in [4.78, 5) is 16.9. The molecule has 0 unspecified atom stereocenters. The van der Waals surface area contributed by atoms with Crippen LogP contribution in [0.15, 0.2) is 53.5 Å². The molecule has 0 aromatic heterocycles. The Balaban J connectivity index is 2.21. The number of alkyl halides is 2. The molecule has 0 saturated carbocycles. The van der Waals surface area contributed by atoms with E-state index in [1.54, 1.807) is 18.2 Å². The minimum atomic E-state index is -1.65. The average molecular weight is 304 g/mol. The molecule has 100 valence electrons. The van der Waals surface area contributed by atoms with Gasteiger partial charge in [0.2, 0.25) is 10.1 Å². The number of hydrogen-bond donors (Lipinski definition) is 0. The number of benzene rings is 2. The molecule has 0 radical (unpaired) electrons. The van der Waals surface area contributed by atoms with Crippen molar-refractivity contribution in [2.24, 2.45) is 4.99 Å². The molecule has 1 aliphatic rings. The minimum absolute atomic E-state index is 0.331. The van der Waals surface area contributed by atoms with Crippen molar-refractivity contribution >= 4 is 40.4 Å². The summed E-state index contributed by atoms with van der Waals surface area (Å²) in [7, 11) is 0. The van der Waals surface area contributed by atoms with E-state index in [4.69, 9.17) is 23.2 Å². The fourth-order valence-electron chi connectivity index (χ4n) is 2.19. The molecule has 0 N–H and O–H groups in total. The summed E-state index contributed by atoms with van der Waals surface area (Å²) in [6.07, 6.45) is 0. The van der Waals surface area contributed by atoms with Crippen LogP contribution in [0.4, 0.5) is 5.69 Å². The lowest BCUT2D eigenvalue weighted by molar-refractivity contribution is 0.0992. The Kier molecular flexibility index (Phi) is 3.15. The quantitative estimate of drug-likeness (QED) is 0.714. The molecule has 0 bridgehead atoms. The second-order valence-electron chi connectivity index (χ2n) is 4.75. The van der Waals surface area contributed by atoms with E-state index in [1.165, 1.54) is 0 Å². The Morgan fingerprint density at radius 2 is 1.65 bits per heavy atom. The maximum Gasteiger partial charge on any atom is 0.222 e. The highest BCUT2D eigenvalue weighted by molar-refractivity contribution is 6.72. The third-order valence-corrected chi connectivity index (χ3v) is 3.99. The largest absolute Gasteiger partial charge is 0.290 e. The Labute approximate surface area is 127 Å². The van der Waals surface area contributed by atoms with Crippen LogP contribution in [0, 0.1) is 6.92 Å². The van der Waals surface area contributed by atoms with E-state index in [1.807, 2.05) is 37.3 Å². The number of carbonyl (C=O) groups excluding carboxylic acids is 1. The second kappa shape index (κ2) is 4.72. The summed E-state index contributed by atoms with van der Waals surface area (Å²) in [5, 5.41) is 0. The molecular weight excluding hydrogens is 293 g/mol. The highest BCUT2D eigenvalue weighted by Gasteiger charge is 2.44. The summed E-state index contributed by atoms with van der Waals surface area (Å²) in [5.74, 6) is -0.331. The van der Waals surface area contributed by atoms with Gasteiger partial charge in [0.25, 0.3) is 0 Å². The number of aliphatic imine (C=N–C) groups is 1. The molecule has 1 heterocycles. The number of carbonyl (C=O) groups is 1. The Morgan fingerprint density at radius 1 is 1.00 bits per heavy atom. The van der Waals surface area contributed by atoms with Gasteiger partial charge in [-0.15, -0.1) is 0 Å². The molecule has 0 amide bonds. The van der Waals surface area contributed by atoms with E-state index in [-0.39, 0.29) is 5.78 Å². The second-order valence-corrected chi connectivity index (χ2v) is 6.07. The fraction of sp³-hybridized carbons (Fsp3) is 0.125. The third-order valence-electron chi connectivity index (χ3n) is 3.29. The predicted molar refractivity (Wildman–Crippen MR) is 82.6 cm³/mol. The highest BCUT2D eigenvalue weighted by atomic mass is 35.5. The van der Waals surface area contributed by atoms with Gasteiger partial charge in [-0.3, -0.25) is 4.79 Å². The van der Waals surface area contributed by atoms with Gasteiger partial charge in [-0.05, 0) is 24.6 Å². The van der Waals surface area contributed by atoms with Crippen LogP contribution in [-0.4, -0.2) is 15.8 Å². The maximum atomic E-state index is 12.4. The number of rotatable bonds is 1. The van der Waals surface area contributed by atoms with Crippen molar-refractivity contribution in [3.63, 3.8) is 0 Å². The number of Topliss-reactive ketones (excluding diaryl/α,β-unsaturated/α-hetero) is 1. The Hall–Kier alpha value is -1.64. The molecular formula is C16H11Cl2NO. The zero-order valence-corrected chi connectivity index (χ0v) is 12.2. The first-order chi connectivity index (χ1) is 9.50. The van der Waals surface area contributed by atoms with E-state index in [2.05, 4.69) is 4.99 Å². The van der Waals surface area contributed by atoms with Gasteiger partial charge in [0.15, 0.2) is 0 Å². The first kappa shape index (κ1) is 13.3. The fourth-order valence-corrected chi connectivity index (χ4v) is 2.69. The molecule has 2 aromatic rings. The monoisotopic (exact) mass is 303 g/mol. The van der Waals surface area contributed by atoms with Gasteiger partial charge in [0, 0.05) is 5.56 Å². The molecule has 0 spiro atoms. The molecule has 3 rings (SSSR count). The van der Waals surface area contributed by atoms with Crippen molar-refractivity contribution in [3.8, 4) is 0 Å². The predicted octanol–water partition coefficient (Wildman–Crippen LogP) is 4.49. The SMILES string of the molecule is Cc1ccc(C2=Nc3ccccc3C(=O)C2(Cl)Cl)cc1. The van der Waals surface area contributed by atoms with Gasteiger partial charge in [0.1, 0.15) is 0 Å². The summed E-state index contributed by atoms with van der Waals surface area (Å²) >= 11 is 12.6. The molecule has 1 aliphatic heterocycles. The van der Waals surface area contributed by atoms with Crippen molar-refractivity contribution < 1.29 is 4.79 Å². The van der Waals surface area contributed by atoms with Gasteiger partial charge in [0.05, 0.1) is 11.4 Å². The first-order valence-electron chi connectivity index (χ1n) is 6.18. The Morgan fingerprint density at radius 3 is 2.35 bits per heavy atom. The molecule has 4 heteroatoms. The number of para-hydroxylation sites is 1. The van der Waals surface area contributed by atoms with E-state index < -0.39 is 4.33 Å². The lowest BCUT2D eigenvalue weighted by Crippen LogP contribution is -2.38. The molecule has 2 aromatic carbocycles. The van der Waals surface area contributed by atoms with Crippen LogP contribution >= 0.6 is 23.2 Å². The third kappa shape index (κ3) is 2.05. The van der Waals surface area contributed by atoms with Crippen LogP contribution in [0.25, 0.3) is 0 Å². The zero-order chi connectivity index (χ0) is 14.3. The van der Waals surface area contributed by atoms with Crippen molar-refractivity contribution in [2.45, 2.75) is 11.3 Å². The number of hydrogen-bond acceptors (Lipinski definition) is 2. The van der Waals surface area contributed by atoms with Crippen molar-refractivity contribution in [3.05, 3.63) is 65.2 Å². The molecule has 2 nitrogen and oxygen atoms in total. The van der Waals surface area contributed by atoms with Crippen molar-refractivity contribution in [1.82, 2.24) is 0 Å². The van der Waals surface area contributed by atoms with Crippen LogP contribution < -0.4 is 0 Å². The van der Waals surface area contributed by atoms with Gasteiger partial charge in [-0.25, -0.2) is 4.99 Å².